The van der Waals surface area contributed by atoms with Gasteiger partial charge in [0.25, 0.3) is 0 Å². The summed E-state index contributed by atoms with van der Waals surface area (Å²) < 4.78 is 6.08. The molecule has 0 atom stereocenters. The highest BCUT2D eigenvalue weighted by atomic mass is 16.3. The van der Waals surface area contributed by atoms with Crippen LogP contribution < -0.4 is 0 Å². The van der Waals surface area contributed by atoms with Crippen molar-refractivity contribution in [2.24, 2.45) is 0 Å². The van der Waals surface area contributed by atoms with Gasteiger partial charge in [-0.05, 0) is 37.1 Å². The number of fused-ring (bicyclic) bond motifs is 3. The first kappa shape index (κ1) is 12.2. The molecule has 2 heterocycles. The average Bonchev–Trinajstić information content (AvgIpc) is 2.86. The van der Waals surface area contributed by atoms with E-state index in [-0.39, 0.29) is 0 Å². The van der Waals surface area contributed by atoms with Crippen molar-refractivity contribution in [3.8, 4) is 11.3 Å². The van der Waals surface area contributed by atoms with Crippen LogP contribution in [0.25, 0.3) is 33.2 Å². The summed E-state index contributed by atoms with van der Waals surface area (Å²) in [6.07, 6.45) is 1.91. The van der Waals surface area contributed by atoms with Crippen molar-refractivity contribution < 1.29 is 4.42 Å². The third-order valence-corrected chi connectivity index (χ3v) is 3.87. The normalized spacial score (nSPS) is 11.3. The topological polar surface area (TPSA) is 26.0 Å². The molecule has 0 radical (unpaired) electrons. The number of furan rings is 1. The van der Waals surface area contributed by atoms with Crippen LogP contribution in [0.3, 0.4) is 0 Å². The highest BCUT2D eigenvalue weighted by molar-refractivity contribution is 6.09. The maximum atomic E-state index is 6.08. The van der Waals surface area contributed by atoms with E-state index in [1.54, 1.807) is 0 Å². The van der Waals surface area contributed by atoms with Crippen molar-refractivity contribution in [2.75, 3.05) is 0 Å². The maximum Gasteiger partial charge on any atom is 0.144 e. The van der Waals surface area contributed by atoms with Crippen LogP contribution in [0.1, 0.15) is 11.1 Å². The molecule has 0 aliphatic carbocycles. The third-order valence-electron chi connectivity index (χ3n) is 3.87. The van der Waals surface area contributed by atoms with Crippen LogP contribution in [0, 0.1) is 13.8 Å². The predicted molar refractivity (Wildman–Crippen MR) is 86.4 cm³/mol. The van der Waals surface area contributed by atoms with Gasteiger partial charge in [-0.25, -0.2) is 0 Å². The van der Waals surface area contributed by atoms with Gasteiger partial charge in [0.15, 0.2) is 0 Å². The van der Waals surface area contributed by atoms with Crippen molar-refractivity contribution in [3.63, 3.8) is 0 Å². The quantitative estimate of drug-likeness (QED) is 0.472. The molecule has 102 valence electrons. The van der Waals surface area contributed by atoms with Crippen LogP contribution in [-0.4, -0.2) is 4.98 Å². The number of pyridine rings is 1. The van der Waals surface area contributed by atoms with Gasteiger partial charge < -0.3 is 4.42 Å². The first-order valence-electron chi connectivity index (χ1n) is 7.08. The van der Waals surface area contributed by atoms with Gasteiger partial charge in [0.2, 0.25) is 0 Å². The smallest absolute Gasteiger partial charge is 0.144 e. The van der Waals surface area contributed by atoms with Crippen LogP contribution in [-0.2, 0) is 0 Å². The molecule has 2 aromatic heterocycles. The summed E-state index contributed by atoms with van der Waals surface area (Å²) in [5.74, 6) is 0. The Labute approximate surface area is 123 Å². The number of rotatable bonds is 1. The van der Waals surface area contributed by atoms with E-state index >= 15 is 0 Å². The van der Waals surface area contributed by atoms with E-state index in [9.17, 15) is 0 Å². The Morgan fingerprint density at radius 1 is 0.905 bits per heavy atom. The summed E-state index contributed by atoms with van der Waals surface area (Å²) in [5, 5.41) is 2.30. The minimum Gasteiger partial charge on any atom is -0.455 e. The number of nitrogens with zero attached hydrogens (tertiary/aromatic N) is 1. The van der Waals surface area contributed by atoms with Crippen LogP contribution >= 0.6 is 0 Å². The molecule has 4 rings (SSSR count). The molecule has 0 fully saturated rings. The number of aromatic nitrogens is 1. The van der Waals surface area contributed by atoms with Gasteiger partial charge in [-0.1, -0.05) is 36.4 Å². The molecule has 0 bridgehead atoms. The molecule has 0 aliphatic rings. The van der Waals surface area contributed by atoms with E-state index < -0.39 is 0 Å². The number of hydrogen-bond acceptors (Lipinski definition) is 2. The molecule has 0 spiro atoms. The van der Waals surface area contributed by atoms with Gasteiger partial charge in [-0.3, -0.25) is 4.98 Å². The molecule has 4 aromatic rings. The van der Waals surface area contributed by atoms with Crippen LogP contribution in [0.5, 0.6) is 0 Å². The molecule has 0 amide bonds. The molecule has 0 aliphatic heterocycles. The lowest BCUT2D eigenvalue weighted by Gasteiger charge is -2.06. The summed E-state index contributed by atoms with van der Waals surface area (Å²) in [4.78, 5) is 4.61. The first-order chi connectivity index (χ1) is 10.2. The lowest BCUT2D eigenvalue weighted by molar-refractivity contribution is 0.669. The average molecular weight is 273 g/mol. The van der Waals surface area contributed by atoms with Crippen LogP contribution in [0.2, 0.25) is 0 Å². The zero-order chi connectivity index (χ0) is 14.4. The van der Waals surface area contributed by atoms with Crippen molar-refractivity contribution in [3.05, 3.63) is 65.9 Å². The van der Waals surface area contributed by atoms with Gasteiger partial charge >= 0.3 is 0 Å². The largest absolute Gasteiger partial charge is 0.455 e. The van der Waals surface area contributed by atoms with Crippen LogP contribution in [0.4, 0.5) is 0 Å². The highest BCUT2D eigenvalue weighted by Crippen LogP contribution is 2.35. The van der Waals surface area contributed by atoms with Gasteiger partial charge in [-0.15, -0.1) is 0 Å². The minimum atomic E-state index is 0.915. The van der Waals surface area contributed by atoms with Crippen molar-refractivity contribution in [1.82, 2.24) is 4.98 Å². The predicted octanol–water partition coefficient (Wildman–Crippen LogP) is 5.26. The van der Waals surface area contributed by atoms with E-state index in [0.29, 0.717) is 0 Å². The second-order valence-electron chi connectivity index (χ2n) is 5.46. The summed E-state index contributed by atoms with van der Waals surface area (Å²) >= 11 is 0. The Morgan fingerprint density at radius 3 is 2.57 bits per heavy atom. The first-order valence-corrected chi connectivity index (χ1v) is 7.08. The van der Waals surface area contributed by atoms with E-state index in [1.807, 2.05) is 24.4 Å². The van der Waals surface area contributed by atoms with Crippen molar-refractivity contribution in [1.29, 1.82) is 0 Å². The van der Waals surface area contributed by atoms with E-state index in [4.69, 9.17) is 4.42 Å². The molecular formula is C19H15NO. The Morgan fingerprint density at radius 2 is 1.71 bits per heavy atom. The number of para-hydroxylation sites is 2. The fourth-order valence-electron chi connectivity index (χ4n) is 2.93. The molecule has 2 nitrogen and oxygen atoms in total. The standard InChI is InChI=1S/C19H15NO/c1-12-10-13(2)18(20-11-12)16-8-5-7-15-14-6-3-4-9-17(14)21-19(15)16/h3-11H,1-2H3. The lowest BCUT2D eigenvalue weighted by Crippen LogP contribution is -1.89. The second kappa shape index (κ2) is 4.45. The summed E-state index contributed by atoms with van der Waals surface area (Å²) in [6.45, 7) is 4.16. The van der Waals surface area contributed by atoms with Gasteiger partial charge in [-0.2, -0.15) is 0 Å². The minimum absolute atomic E-state index is 0.915. The van der Waals surface area contributed by atoms with Gasteiger partial charge in [0.05, 0.1) is 5.69 Å². The fourth-order valence-corrected chi connectivity index (χ4v) is 2.93. The Balaban J connectivity index is 2.09. The fraction of sp³-hybridized carbons (Fsp3) is 0.105. The maximum absolute atomic E-state index is 6.08. The zero-order valence-electron chi connectivity index (χ0n) is 12.1. The zero-order valence-corrected chi connectivity index (χ0v) is 12.1. The van der Waals surface area contributed by atoms with E-state index in [1.165, 1.54) is 11.1 Å². The molecular weight excluding hydrogens is 258 g/mol. The highest BCUT2D eigenvalue weighted by Gasteiger charge is 2.13. The molecule has 0 N–H and O–H groups in total. The summed E-state index contributed by atoms with van der Waals surface area (Å²) in [6, 6.07) is 16.6. The molecule has 0 saturated heterocycles. The molecule has 2 heteroatoms. The summed E-state index contributed by atoms with van der Waals surface area (Å²) in [7, 11) is 0. The van der Waals surface area contributed by atoms with E-state index in [0.717, 1.165) is 33.2 Å². The molecule has 2 aromatic carbocycles. The number of aryl methyl sites for hydroxylation is 2. The Kier molecular flexibility index (Phi) is 2.58. The molecule has 0 saturated carbocycles. The Bertz CT molecular complexity index is 966. The third kappa shape index (κ3) is 1.83. The van der Waals surface area contributed by atoms with Gasteiger partial charge in [0, 0.05) is 22.5 Å². The van der Waals surface area contributed by atoms with Gasteiger partial charge in [0.1, 0.15) is 11.2 Å². The van der Waals surface area contributed by atoms with Crippen molar-refractivity contribution in [2.45, 2.75) is 13.8 Å². The van der Waals surface area contributed by atoms with Crippen LogP contribution in [0.15, 0.2) is 59.1 Å². The molecule has 0 unspecified atom stereocenters. The Hall–Kier alpha value is -2.61. The lowest BCUT2D eigenvalue weighted by atomic mass is 10.0. The number of benzene rings is 2. The monoisotopic (exact) mass is 273 g/mol. The molecule has 21 heavy (non-hydrogen) atoms. The van der Waals surface area contributed by atoms with Crippen molar-refractivity contribution >= 4 is 21.9 Å². The summed E-state index contributed by atoms with van der Waals surface area (Å²) in [5.41, 5.74) is 6.23. The van der Waals surface area contributed by atoms with E-state index in [2.05, 4.69) is 49.2 Å². The second-order valence-corrected chi connectivity index (χ2v) is 5.46. The SMILES string of the molecule is Cc1cnc(-c2cccc3c2oc2ccccc23)c(C)c1. The number of hydrogen-bond donors (Lipinski definition) is 0.